The van der Waals surface area contributed by atoms with Gasteiger partial charge in [0.1, 0.15) is 5.82 Å². The van der Waals surface area contributed by atoms with E-state index in [0.29, 0.717) is 12.3 Å². The predicted octanol–water partition coefficient (Wildman–Crippen LogP) is 5.15. The molecule has 1 saturated heterocycles. The lowest BCUT2D eigenvalue weighted by Crippen LogP contribution is -2.19. The van der Waals surface area contributed by atoms with Crippen LogP contribution in [0, 0.1) is 5.82 Å². The summed E-state index contributed by atoms with van der Waals surface area (Å²) in [7, 11) is 0. The zero-order valence-corrected chi connectivity index (χ0v) is 17.4. The number of hydrogen-bond acceptors (Lipinski definition) is 5. The van der Waals surface area contributed by atoms with E-state index < -0.39 is 0 Å². The van der Waals surface area contributed by atoms with E-state index in [0.717, 1.165) is 53.2 Å². The standard InChI is InChI=1S/C21H22ClFN4OS/c22-19-6-2-1-4-15(19)14-29-21-26-25-20(27(21)13-18-5-3-11-28-18)12-24-17-9-7-16(23)8-10-17/h1-2,4,6-10,18,24H,3,5,11-14H2/t18-/m0/s1. The van der Waals surface area contributed by atoms with Gasteiger partial charge in [0.2, 0.25) is 0 Å². The zero-order valence-electron chi connectivity index (χ0n) is 15.9. The van der Waals surface area contributed by atoms with Crippen molar-refractivity contribution in [3.8, 4) is 0 Å². The third-order valence-electron chi connectivity index (χ3n) is 4.81. The van der Waals surface area contributed by atoms with Gasteiger partial charge in [0, 0.05) is 23.1 Å². The van der Waals surface area contributed by atoms with Crippen LogP contribution in [0.1, 0.15) is 24.2 Å². The lowest BCUT2D eigenvalue weighted by Gasteiger charge is -2.15. The largest absolute Gasteiger partial charge is 0.378 e. The first kappa shape index (κ1) is 20.2. The number of nitrogens with one attached hydrogen (secondary N) is 1. The quantitative estimate of drug-likeness (QED) is 0.498. The molecule has 1 aromatic heterocycles. The third kappa shape index (κ3) is 5.29. The first-order chi connectivity index (χ1) is 14.2. The highest BCUT2D eigenvalue weighted by Crippen LogP contribution is 2.27. The lowest BCUT2D eigenvalue weighted by molar-refractivity contribution is 0.0942. The fourth-order valence-corrected chi connectivity index (χ4v) is 4.49. The normalized spacial score (nSPS) is 16.3. The number of hydrogen-bond donors (Lipinski definition) is 1. The van der Waals surface area contributed by atoms with Crippen molar-refractivity contribution in [2.75, 3.05) is 11.9 Å². The summed E-state index contributed by atoms with van der Waals surface area (Å²) in [6.07, 6.45) is 2.30. The minimum absolute atomic E-state index is 0.176. The fraction of sp³-hybridized carbons (Fsp3) is 0.333. The Morgan fingerprint density at radius 2 is 2.00 bits per heavy atom. The number of aromatic nitrogens is 3. The first-order valence-corrected chi connectivity index (χ1v) is 10.9. The van der Waals surface area contributed by atoms with Crippen LogP contribution in [-0.2, 0) is 23.6 Å². The van der Waals surface area contributed by atoms with Gasteiger partial charge in [0.05, 0.1) is 19.2 Å². The van der Waals surface area contributed by atoms with Gasteiger partial charge in [-0.05, 0) is 48.7 Å². The first-order valence-electron chi connectivity index (χ1n) is 9.58. The topological polar surface area (TPSA) is 52.0 Å². The molecule has 152 valence electrons. The molecule has 1 fully saturated rings. The van der Waals surface area contributed by atoms with Crippen molar-refractivity contribution < 1.29 is 9.13 Å². The predicted molar refractivity (Wildman–Crippen MR) is 114 cm³/mol. The van der Waals surface area contributed by atoms with Gasteiger partial charge in [0.15, 0.2) is 11.0 Å². The average molecular weight is 433 g/mol. The van der Waals surface area contributed by atoms with Crippen LogP contribution in [0.5, 0.6) is 0 Å². The van der Waals surface area contributed by atoms with Gasteiger partial charge in [-0.1, -0.05) is 41.6 Å². The summed E-state index contributed by atoms with van der Waals surface area (Å²) in [6, 6.07) is 14.1. The summed E-state index contributed by atoms with van der Waals surface area (Å²) in [5, 5.41) is 13.7. The number of halogens is 2. The molecule has 8 heteroatoms. The van der Waals surface area contributed by atoms with Crippen molar-refractivity contribution in [2.24, 2.45) is 0 Å². The van der Waals surface area contributed by atoms with Crippen molar-refractivity contribution in [1.82, 2.24) is 14.8 Å². The van der Waals surface area contributed by atoms with Gasteiger partial charge >= 0.3 is 0 Å². The maximum absolute atomic E-state index is 13.1. The SMILES string of the molecule is Fc1ccc(NCc2nnc(SCc3ccccc3Cl)n2C[C@@H]2CCCO2)cc1. The van der Waals surface area contributed by atoms with E-state index in [1.54, 1.807) is 23.9 Å². The van der Waals surface area contributed by atoms with E-state index in [2.05, 4.69) is 20.1 Å². The van der Waals surface area contributed by atoms with E-state index in [4.69, 9.17) is 16.3 Å². The molecule has 3 aromatic rings. The Hall–Kier alpha value is -2.09. The highest BCUT2D eigenvalue weighted by Gasteiger charge is 2.21. The zero-order chi connectivity index (χ0) is 20.1. The van der Waals surface area contributed by atoms with E-state index in [9.17, 15) is 4.39 Å². The summed E-state index contributed by atoms with van der Waals surface area (Å²) in [6.45, 7) is 2.02. The molecule has 0 amide bonds. The Labute approximate surface area is 178 Å². The second-order valence-electron chi connectivity index (χ2n) is 6.88. The summed E-state index contributed by atoms with van der Waals surface area (Å²) in [4.78, 5) is 0. The van der Waals surface area contributed by atoms with Gasteiger partial charge in [0.25, 0.3) is 0 Å². The molecular weight excluding hydrogens is 411 g/mol. The second kappa shape index (κ2) is 9.61. The molecule has 0 bridgehead atoms. The molecule has 2 aromatic carbocycles. The van der Waals surface area contributed by atoms with Crippen LogP contribution in [-0.4, -0.2) is 27.5 Å². The maximum Gasteiger partial charge on any atom is 0.191 e. The van der Waals surface area contributed by atoms with Gasteiger partial charge in [-0.2, -0.15) is 0 Å². The van der Waals surface area contributed by atoms with Gasteiger partial charge in [-0.3, -0.25) is 0 Å². The van der Waals surface area contributed by atoms with Gasteiger partial charge in [-0.25, -0.2) is 4.39 Å². The van der Waals surface area contributed by atoms with E-state index >= 15 is 0 Å². The Morgan fingerprint density at radius 1 is 1.17 bits per heavy atom. The van der Waals surface area contributed by atoms with E-state index in [1.165, 1.54) is 12.1 Å². The maximum atomic E-state index is 13.1. The highest BCUT2D eigenvalue weighted by molar-refractivity contribution is 7.98. The molecule has 1 aliphatic heterocycles. The van der Waals surface area contributed by atoms with Crippen molar-refractivity contribution >= 4 is 29.1 Å². The molecule has 0 radical (unpaired) electrons. The third-order valence-corrected chi connectivity index (χ3v) is 6.20. The molecule has 0 unspecified atom stereocenters. The Bertz CT molecular complexity index is 944. The summed E-state index contributed by atoms with van der Waals surface area (Å²) < 4.78 is 21.1. The molecule has 1 atom stereocenters. The molecule has 5 nitrogen and oxygen atoms in total. The van der Waals surface area contributed by atoms with E-state index in [1.807, 2.05) is 24.3 Å². The molecule has 0 saturated carbocycles. The summed E-state index contributed by atoms with van der Waals surface area (Å²) >= 11 is 7.90. The van der Waals surface area contributed by atoms with Crippen LogP contribution in [0.25, 0.3) is 0 Å². The van der Waals surface area contributed by atoms with Crippen LogP contribution in [0.2, 0.25) is 5.02 Å². The molecule has 2 heterocycles. The smallest absolute Gasteiger partial charge is 0.191 e. The number of rotatable bonds is 8. The number of benzene rings is 2. The van der Waals surface area contributed by atoms with Gasteiger partial charge in [-0.15, -0.1) is 10.2 Å². The fourth-order valence-electron chi connectivity index (χ4n) is 3.24. The van der Waals surface area contributed by atoms with Crippen LogP contribution in [0.3, 0.4) is 0 Å². The molecule has 1 N–H and O–H groups in total. The van der Waals surface area contributed by atoms with Crippen LogP contribution < -0.4 is 5.32 Å². The Balaban J connectivity index is 1.49. The number of ether oxygens (including phenoxy) is 1. The van der Waals surface area contributed by atoms with Crippen molar-refractivity contribution in [2.45, 2.75) is 42.9 Å². The van der Waals surface area contributed by atoms with E-state index in [-0.39, 0.29) is 11.9 Å². The number of nitrogens with zero attached hydrogens (tertiary/aromatic N) is 3. The molecule has 29 heavy (non-hydrogen) atoms. The second-order valence-corrected chi connectivity index (χ2v) is 8.23. The summed E-state index contributed by atoms with van der Waals surface area (Å²) in [5.41, 5.74) is 1.90. The van der Waals surface area contributed by atoms with Crippen molar-refractivity contribution in [3.05, 3.63) is 70.8 Å². The number of anilines is 1. The van der Waals surface area contributed by atoms with Crippen molar-refractivity contribution in [1.29, 1.82) is 0 Å². The number of thioether (sulfide) groups is 1. The van der Waals surface area contributed by atoms with Gasteiger partial charge < -0.3 is 14.6 Å². The summed E-state index contributed by atoms with van der Waals surface area (Å²) in [5.74, 6) is 1.29. The molecule has 1 aliphatic rings. The minimum atomic E-state index is -0.254. The lowest BCUT2D eigenvalue weighted by atomic mass is 10.2. The Morgan fingerprint density at radius 3 is 2.76 bits per heavy atom. The highest BCUT2D eigenvalue weighted by atomic mass is 35.5. The van der Waals surface area contributed by atoms with Crippen LogP contribution in [0.15, 0.2) is 53.7 Å². The Kier molecular flexibility index (Phi) is 6.69. The van der Waals surface area contributed by atoms with Crippen molar-refractivity contribution in [3.63, 3.8) is 0 Å². The minimum Gasteiger partial charge on any atom is -0.378 e. The van der Waals surface area contributed by atoms with Crippen LogP contribution >= 0.6 is 23.4 Å². The monoisotopic (exact) mass is 432 g/mol. The van der Waals surface area contributed by atoms with Crippen LogP contribution in [0.4, 0.5) is 10.1 Å². The molecule has 0 aliphatic carbocycles. The molecule has 0 spiro atoms. The average Bonchev–Trinajstić information content (AvgIpc) is 3.38. The molecule has 4 rings (SSSR count). The molecular formula is C21H22ClFN4OS.